The van der Waals surface area contributed by atoms with Gasteiger partial charge in [0.1, 0.15) is 11.9 Å². The van der Waals surface area contributed by atoms with E-state index in [1.54, 1.807) is 0 Å². The predicted octanol–water partition coefficient (Wildman–Crippen LogP) is 1.83. The molecule has 188 valence electrons. The van der Waals surface area contributed by atoms with Crippen molar-refractivity contribution >= 4 is 53.4 Å². The van der Waals surface area contributed by atoms with Crippen LogP contribution < -0.4 is 0 Å². The molecule has 0 heterocycles. The van der Waals surface area contributed by atoms with Gasteiger partial charge >= 0.3 is 18.1 Å². The Labute approximate surface area is 213 Å². The van der Waals surface area contributed by atoms with Crippen LogP contribution in [0.15, 0.2) is 0 Å². The molecule has 1 aromatic rings. The van der Waals surface area contributed by atoms with Crippen molar-refractivity contribution in [2.45, 2.75) is 75.8 Å². The Morgan fingerprint density at radius 3 is 1.69 bits per heavy atom. The van der Waals surface area contributed by atoms with E-state index in [0.29, 0.717) is 12.8 Å². The zero-order valence-corrected chi connectivity index (χ0v) is 20.3. The van der Waals surface area contributed by atoms with E-state index in [0.717, 1.165) is 19.3 Å². The maximum absolute atomic E-state index is 13.5. The molecule has 1 saturated carbocycles. The van der Waals surface area contributed by atoms with Crippen LogP contribution in [0.3, 0.4) is 0 Å². The first-order valence-corrected chi connectivity index (χ1v) is 12.8. The van der Waals surface area contributed by atoms with Gasteiger partial charge in [0.25, 0.3) is 10.1 Å². The van der Waals surface area contributed by atoms with Gasteiger partial charge < -0.3 is 9.47 Å². The Hall–Kier alpha value is -1.88. The van der Waals surface area contributed by atoms with Crippen LogP contribution in [0.2, 0.25) is 0 Å². The Morgan fingerprint density at radius 1 is 0.861 bits per heavy atom. The maximum Gasteiger partial charge on any atom is 0.426 e. The minimum Gasteiger partial charge on any atom is -0.459 e. The summed E-state index contributed by atoms with van der Waals surface area (Å²) in [4.78, 5) is 26.5. The van der Waals surface area contributed by atoms with Crippen LogP contribution in [-0.4, -0.2) is 80.4 Å². The van der Waals surface area contributed by atoms with E-state index in [2.05, 4.69) is 4.74 Å². The van der Waals surface area contributed by atoms with E-state index in [9.17, 15) is 31.2 Å². The molecule has 0 saturated heterocycles. The topological polar surface area (TPSA) is 107 Å². The van der Waals surface area contributed by atoms with Crippen molar-refractivity contribution < 1.29 is 45.2 Å². The number of carbonyl (C=O) groups excluding carboxylic acids is 2. The summed E-state index contributed by atoms with van der Waals surface area (Å²) in [6.45, 7) is 0. The van der Waals surface area contributed by atoms with Gasteiger partial charge in [-0.05, 0) is 36.8 Å². The summed E-state index contributed by atoms with van der Waals surface area (Å²) in [7, 11) is 18.1. The number of alkyl halides is 3. The minimum atomic E-state index is -5.36. The summed E-state index contributed by atoms with van der Waals surface area (Å²) in [5.41, 5.74) is -0.720. The first-order valence-electron chi connectivity index (χ1n) is 11.2. The molecular formula is C21H23B4F3O7S. The molecule has 0 amide bonds. The number of ether oxygens (including phenoxy) is 2. The lowest BCUT2D eigenvalue weighted by molar-refractivity contribution is -0.197. The SMILES string of the molecule is [B]Cc1c(C[B])c(C[B])c(C(=O)OC(CS(=O)(=O)O)C(F)(F)F)c(C(=O)OC2CCCCC2)c1C[B]. The number of hydrogen-bond donors (Lipinski definition) is 1. The molecule has 1 unspecified atom stereocenters. The standard InChI is InChI=1S/C21H23B4F3O7S/c22-6-12-13(7-23)15(9-25)18(20(30)35-16(21(26,27)28)10-36(31,32)33)17(14(12)8-24)19(29)34-11-4-2-1-3-5-11/h11,16H,1-10H2,(H,31,32,33). The summed E-state index contributed by atoms with van der Waals surface area (Å²) < 4.78 is 81.6. The lowest BCUT2D eigenvalue weighted by atomic mass is 9.72. The molecule has 1 N–H and O–H groups in total. The number of esters is 2. The molecule has 0 spiro atoms. The van der Waals surface area contributed by atoms with Crippen LogP contribution in [0.1, 0.15) is 75.1 Å². The maximum atomic E-state index is 13.5. The molecule has 1 atom stereocenters. The lowest BCUT2D eigenvalue weighted by Crippen LogP contribution is -2.40. The van der Waals surface area contributed by atoms with E-state index in [1.807, 2.05) is 0 Å². The van der Waals surface area contributed by atoms with E-state index in [1.165, 1.54) is 0 Å². The second-order valence-electron chi connectivity index (χ2n) is 8.33. The van der Waals surface area contributed by atoms with Crippen molar-refractivity contribution in [1.29, 1.82) is 0 Å². The molecule has 0 aromatic heterocycles. The molecule has 15 heteroatoms. The summed E-state index contributed by atoms with van der Waals surface area (Å²) >= 11 is 0. The van der Waals surface area contributed by atoms with E-state index in [4.69, 9.17) is 40.7 Å². The molecular weight excluding hydrogens is 497 g/mol. The highest BCUT2D eigenvalue weighted by Crippen LogP contribution is 2.33. The van der Waals surface area contributed by atoms with Gasteiger partial charge in [-0.2, -0.15) is 21.6 Å². The van der Waals surface area contributed by atoms with Gasteiger partial charge in [-0.1, -0.05) is 42.8 Å². The van der Waals surface area contributed by atoms with Crippen LogP contribution >= 0.6 is 0 Å². The quantitative estimate of drug-likeness (QED) is 0.285. The van der Waals surface area contributed by atoms with Crippen LogP contribution in [0, 0.1) is 0 Å². The number of carbonyl (C=O) groups is 2. The third-order valence-electron chi connectivity index (χ3n) is 5.97. The molecule has 1 aliphatic rings. The molecule has 8 radical (unpaired) electrons. The third kappa shape index (κ3) is 7.34. The fraction of sp³-hybridized carbons (Fsp3) is 0.619. The monoisotopic (exact) mass is 520 g/mol. The predicted molar refractivity (Wildman–Crippen MR) is 128 cm³/mol. The molecule has 0 bridgehead atoms. The molecule has 1 aromatic carbocycles. The first kappa shape index (κ1) is 30.3. The van der Waals surface area contributed by atoms with Gasteiger partial charge in [0.2, 0.25) is 6.10 Å². The third-order valence-corrected chi connectivity index (χ3v) is 6.70. The summed E-state index contributed by atoms with van der Waals surface area (Å²) in [5.74, 6) is -4.68. The van der Waals surface area contributed by atoms with Crippen molar-refractivity contribution in [1.82, 2.24) is 0 Å². The highest BCUT2D eigenvalue weighted by Gasteiger charge is 2.46. The van der Waals surface area contributed by atoms with Gasteiger partial charge in [-0.3, -0.25) is 4.55 Å². The zero-order chi connectivity index (χ0) is 27.3. The number of hydrogen-bond acceptors (Lipinski definition) is 6. The normalized spacial score (nSPS) is 15.9. The van der Waals surface area contributed by atoms with Crippen molar-refractivity contribution in [2.75, 3.05) is 5.75 Å². The summed E-state index contributed by atoms with van der Waals surface area (Å²) in [6, 6.07) is 0. The van der Waals surface area contributed by atoms with E-state index >= 15 is 0 Å². The molecule has 2 rings (SSSR count). The second-order valence-corrected chi connectivity index (χ2v) is 9.83. The van der Waals surface area contributed by atoms with Crippen LogP contribution in [0.5, 0.6) is 0 Å². The summed E-state index contributed by atoms with van der Waals surface area (Å²) in [5, 5.41) is 0. The second kappa shape index (κ2) is 12.6. The van der Waals surface area contributed by atoms with Crippen molar-refractivity contribution in [2.24, 2.45) is 0 Å². The highest BCUT2D eigenvalue weighted by molar-refractivity contribution is 7.85. The van der Waals surface area contributed by atoms with Crippen LogP contribution in [-0.2, 0) is 44.9 Å². The molecule has 0 aliphatic heterocycles. The number of halogens is 3. The number of benzene rings is 1. The average molecular weight is 520 g/mol. The van der Waals surface area contributed by atoms with Gasteiger partial charge in [0, 0.05) is 0 Å². The van der Waals surface area contributed by atoms with Crippen molar-refractivity contribution in [3.05, 3.63) is 33.4 Å². The van der Waals surface area contributed by atoms with Crippen LogP contribution in [0.4, 0.5) is 13.2 Å². The van der Waals surface area contributed by atoms with E-state index < -0.39 is 63.6 Å². The molecule has 7 nitrogen and oxygen atoms in total. The fourth-order valence-electron chi connectivity index (χ4n) is 4.33. The first-order chi connectivity index (χ1) is 16.8. The van der Waals surface area contributed by atoms with E-state index in [-0.39, 0.29) is 41.2 Å². The fourth-order valence-corrected chi connectivity index (χ4v) is 4.97. The van der Waals surface area contributed by atoms with Gasteiger partial charge in [0.05, 0.1) is 42.5 Å². The van der Waals surface area contributed by atoms with Crippen molar-refractivity contribution in [3.8, 4) is 0 Å². The Morgan fingerprint density at radius 2 is 1.31 bits per heavy atom. The van der Waals surface area contributed by atoms with Gasteiger partial charge in [-0.15, -0.1) is 0 Å². The number of rotatable bonds is 10. The average Bonchev–Trinajstić information content (AvgIpc) is 2.80. The smallest absolute Gasteiger partial charge is 0.426 e. The van der Waals surface area contributed by atoms with Crippen molar-refractivity contribution in [3.63, 3.8) is 0 Å². The van der Waals surface area contributed by atoms with Gasteiger partial charge in [-0.25, -0.2) is 9.59 Å². The largest absolute Gasteiger partial charge is 0.459 e. The van der Waals surface area contributed by atoms with Gasteiger partial charge in [0.15, 0.2) is 0 Å². The highest BCUT2D eigenvalue weighted by atomic mass is 32.2. The minimum absolute atomic E-state index is 0.0289. The Bertz CT molecular complexity index is 1070. The zero-order valence-electron chi connectivity index (χ0n) is 19.5. The van der Waals surface area contributed by atoms with Crippen LogP contribution in [0.25, 0.3) is 0 Å². The summed E-state index contributed by atoms with van der Waals surface area (Å²) in [6.07, 6.45) is -6.65. The molecule has 36 heavy (non-hydrogen) atoms. The Kier molecular flexibility index (Phi) is 10.6. The molecule has 1 fully saturated rings. The Balaban J connectivity index is 2.73. The molecule has 1 aliphatic carbocycles. The lowest BCUT2D eigenvalue weighted by Gasteiger charge is -2.27.